The molecule has 1 N–H and O–H groups in total. The van der Waals surface area contributed by atoms with Crippen molar-refractivity contribution in [2.24, 2.45) is 0 Å². The van der Waals surface area contributed by atoms with E-state index in [4.69, 9.17) is 9.47 Å². The van der Waals surface area contributed by atoms with E-state index in [-0.39, 0.29) is 12.0 Å². The van der Waals surface area contributed by atoms with Crippen molar-refractivity contribution in [3.8, 4) is 11.5 Å². The first-order valence-electron chi connectivity index (χ1n) is 7.75. The largest absolute Gasteiger partial charge is 0.491 e. The number of hydrogen-bond donors (Lipinski definition) is 1. The Morgan fingerprint density at radius 2 is 1.65 bits per heavy atom. The topological polar surface area (TPSA) is 47.6 Å². The van der Waals surface area contributed by atoms with Gasteiger partial charge in [0.2, 0.25) is 0 Å². The molecule has 0 heterocycles. The second kappa shape index (κ2) is 7.68. The second-order valence-electron chi connectivity index (χ2n) is 5.76. The van der Waals surface area contributed by atoms with Gasteiger partial charge in [0.05, 0.1) is 6.10 Å². The Morgan fingerprint density at radius 3 is 2.26 bits per heavy atom. The molecule has 0 bridgehead atoms. The summed E-state index contributed by atoms with van der Waals surface area (Å²) < 4.78 is 11.2. The van der Waals surface area contributed by atoms with Gasteiger partial charge in [-0.15, -0.1) is 0 Å². The lowest BCUT2D eigenvalue weighted by Gasteiger charge is -2.15. The first-order valence-corrected chi connectivity index (χ1v) is 7.75. The molecule has 0 unspecified atom stereocenters. The zero-order valence-corrected chi connectivity index (χ0v) is 14.0. The van der Waals surface area contributed by atoms with Crippen LogP contribution in [0.5, 0.6) is 11.5 Å². The number of carbonyl (C=O) groups excluding carboxylic acids is 1. The van der Waals surface area contributed by atoms with Gasteiger partial charge in [-0.25, -0.2) is 0 Å². The number of anilines is 1. The smallest absolute Gasteiger partial charge is 0.265 e. The molecular formula is C19H23NO3. The van der Waals surface area contributed by atoms with Crippen LogP contribution in [0.25, 0.3) is 0 Å². The van der Waals surface area contributed by atoms with Gasteiger partial charge >= 0.3 is 0 Å². The molecular weight excluding hydrogens is 290 g/mol. The molecule has 122 valence electrons. The molecule has 4 heteroatoms. The summed E-state index contributed by atoms with van der Waals surface area (Å²) in [4.78, 5) is 12.2. The maximum absolute atomic E-state index is 12.2. The molecule has 0 aliphatic rings. The first-order chi connectivity index (χ1) is 10.9. The van der Waals surface area contributed by atoms with Crippen molar-refractivity contribution in [3.05, 3.63) is 54.1 Å². The van der Waals surface area contributed by atoms with Crippen molar-refractivity contribution in [1.82, 2.24) is 0 Å². The molecule has 23 heavy (non-hydrogen) atoms. The first kappa shape index (κ1) is 16.9. The van der Waals surface area contributed by atoms with E-state index in [2.05, 4.69) is 5.32 Å². The zero-order valence-electron chi connectivity index (χ0n) is 14.0. The number of benzene rings is 2. The zero-order chi connectivity index (χ0) is 16.8. The number of ether oxygens (including phenoxy) is 2. The van der Waals surface area contributed by atoms with Gasteiger partial charge in [-0.2, -0.15) is 0 Å². The molecule has 4 nitrogen and oxygen atoms in total. The van der Waals surface area contributed by atoms with E-state index in [9.17, 15) is 4.79 Å². The third-order valence-corrected chi connectivity index (χ3v) is 3.17. The predicted molar refractivity (Wildman–Crippen MR) is 92.1 cm³/mol. The highest BCUT2D eigenvalue weighted by molar-refractivity contribution is 5.94. The Labute approximate surface area is 137 Å². The van der Waals surface area contributed by atoms with Crippen LogP contribution in [0.15, 0.2) is 48.5 Å². The number of hydrogen-bond acceptors (Lipinski definition) is 3. The van der Waals surface area contributed by atoms with E-state index < -0.39 is 6.10 Å². The average Bonchev–Trinajstić information content (AvgIpc) is 2.48. The molecule has 0 radical (unpaired) electrons. The van der Waals surface area contributed by atoms with Crippen molar-refractivity contribution < 1.29 is 14.3 Å². The SMILES string of the molecule is Cc1cccc(O[C@H](C)C(=O)Nc2ccc(OC(C)C)cc2)c1. The minimum Gasteiger partial charge on any atom is -0.491 e. The van der Waals surface area contributed by atoms with Gasteiger partial charge in [0.1, 0.15) is 11.5 Å². The normalized spacial score (nSPS) is 11.9. The summed E-state index contributed by atoms with van der Waals surface area (Å²) in [5, 5.41) is 2.84. The van der Waals surface area contributed by atoms with E-state index in [1.807, 2.05) is 69.3 Å². The van der Waals surface area contributed by atoms with Gasteiger partial charge in [0.25, 0.3) is 5.91 Å². The van der Waals surface area contributed by atoms with Crippen LogP contribution < -0.4 is 14.8 Å². The standard InChI is InChI=1S/C19H23NO3/c1-13(2)22-17-10-8-16(9-11-17)20-19(21)15(4)23-18-7-5-6-14(3)12-18/h5-13,15H,1-4H3,(H,20,21)/t15-/m1/s1. The molecule has 2 aromatic rings. The summed E-state index contributed by atoms with van der Waals surface area (Å²) in [6.45, 7) is 7.66. The average molecular weight is 313 g/mol. The fourth-order valence-electron chi connectivity index (χ4n) is 2.08. The fourth-order valence-corrected chi connectivity index (χ4v) is 2.08. The molecule has 0 aliphatic carbocycles. The second-order valence-corrected chi connectivity index (χ2v) is 5.76. The van der Waals surface area contributed by atoms with Crippen LogP contribution in [0.4, 0.5) is 5.69 Å². The van der Waals surface area contributed by atoms with Gasteiger partial charge in [0.15, 0.2) is 6.10 Å². The lowest BCUT2D eigenvalue weighted by atomic mass is 10.2. The Morgan fingerprint density at radius 1 is 0.957 bits per heavy atom. The molecule has 1 amide bonds. The van der Waals surface area contributed by atoms with Gasteiger partial charge in [-0.3, -0.25) is 4.79 Å². The summed E-state index contributed by atoms with van der Waals surface area (Å²) in [5.41, 5.74) is 1.81. The molecule has 0 aromatic heterocycles. The Balaban J connectivity index is 1.92. The molecule has 0 spiro atoms. The van der Waals surface area contributed by atoms with Crippen LogP contribution >= 0.6 is 0 Å². The number of nitrogens with one attached hydrogen (secondary N) is 1. The highest BCUT2D eigenvalue weighted by atomic mass is 16.5. The molecule has 0 aliphatic heterocycles. The molecule has 2 aromatic carbocycles. The molecule has 1 atom stereocenters. The van der Waals surface area contributed by atoms with Crippen LogP contribution in [-0.2, 0) is 4.79 Å². The summed E-state index contributed by atoms with van der Waals surface area (Å²) in [5.74, 6) is 1.28. The minimum absolute atomic E-state index is 0.123. The summed E-state index contributed by atoms with van der Waals surface area (Å²) in [7, 11) is 0. The highest BCUT2D eigenvalue weighted by Crippen LogP contribution is 2.18. The predicted octanol–water partition coefficient (Wildman–Crippen LogP) is 4.19. The Bertz CT molecular complexity index is 650. The number of amides is 1. The Kier molecular flexibility index (Phi) is 5.63. The van der Waals surface area contributed by atoms with E-state index in [0.29, 0.717) is 11.4 Å². The summed E-state index contributed by atoms with van der Waals surface area (Å²) in [6, 6.07) is 14.9. The maximum Gasteiger partial charge on any atom is 0.265 e. The van der Waals surface area contributed by atoms with Gasteiger partial charge < -0.3 is 14.8 Å². The quantitative estimate of drug-likeness (QED) is 0.870. The van der Waals surface area contributed by atoms with E-state index in [0.717, 1.165) is 11.3 Å². The van der Waals surface area contributed by atoms with Crippen LogP contribution in [0.1, 0.15) is 26.3 Å². The van der Waals surface area contributed by atoms with Crippen molar-refractivity contribution in [2.75, 3.05) is 5.32 Å². The van der Waals surface area contributed by atoms with Crippen LogP contribution in [0, 0.1) is 6.92 Å². The summed E-state index contributed by atoms with van der Waals surface area (Å²) >= 11 is 0. The fraction of sp³-hybridized carbons (Fsp3) is 0.316. The van der Waals surface area contributed by atoms with Crippen LogP contribution in [0.2, 0.25) is 0 Å². The number of rotatable bonds is 6. The lowest BCUT2D eigenvalue weighted by Crippen LogP contribution is -2.30. The van der Waals surface area contributed by atoms with Gasteiger partial charge in [0, 0.05) is 5.69 Å². The molecule has 2 rings (SSSR count). The van der Waals surface area contributed by atoms with Crippen molar-refractivity contribution in [1.29, 1.82) is 0 Å². The van der Waals surface area contributed by atoms with E-state index in [1.54, 1.807) is 6.92 Å². The maximum atomic E-state index is 12.2. The summed E-state index contributed by atoms with van der Waals surface area (Å²) in [6.07, 6.45) is -0.457. The van der Waals surface area contributed by atoms with Crippen LogP contribution in [0.3, 0.4) is 0 Å². The van der Waals surface area contributed by atoms with Crippen molar-refractivity contribution in [2.45, 2.75) is 39.9 Å². The number of aryl methyl sites for hydroxylation is 1. The van der Waals surface area contributed by atoms with E-state index in [1.165, 1.54) is 0 Å². The number of carbonyl (C=O) groups is 1. The van der Waals surface area contributed by atoms with E-state index >= 15 is 0 Å². The van der Waals surface area contributed by atoms with Gasteiger partial charge in [-0.1, -0.05) is 12.1 Å². The third kappa shape index (κ3) is 5.33. The molecule has 0 fully saturated rings. The molecule has 0 saturated heterocycles. The molecule has 0 saturated carbocycles. The van der Waals surface area contributed by atoms with Crippen molar-refractivity contribution >= 4 is 11.6 Å². The van der Waals surface area contributed by atoms with Crippen molar-refractivity contribution in [3.63, 3.8) is 0 Å². The van der Waals surface area contributed by atoms with Gasteiger partial charge in [-0.05, 0) is 69.7 Å². The minimum atomic E-state index is -0.580. The lowest BCUT2D eigenvalue weighted by molar-refractivity contribution is -0.122. The van der Waals surface area contributed by atoms with Crippen LogP contribution in [-0.4, -0.2) is 18.1 Å². The monoisotopic (exact) mass is 313 g/mol. The highest BCUT2D eigenvalue weighted by Gasteiger charge is 2.15. The third-order valence-electron chi connectivity index (χ3n) is 3.17. The Hall–Kier alpha value is -2.49.